The van der Waals surface area contributed by atoms with E-state index in [4.69, 9.17) is 13.9 Å². The zero-order chi connectivity index (χ0) is 23.1. The predicted molar refractivity (Wildman–Crippen MR) is 111 cm³/mol. The molecule has 0 fully saturated rings. The smallest absolute Gasteiger partial charge is 0.378 e. The minimum Gasteiger partial charge on any atom is -0.481 e. The molecule has 0 amide bonds. The van der Waals surface area contributed by atoms with Crippen LogP contribution >= 0.6 is 0 Å². The number of hydrogen-bond donors (Lipinski definition) is 0. The first-order valence-corrected chi connectivity index (χ1v) is 9.87. The number of esters is 1. The lowest BCUT2D eigenvalue weighted by molar-refractivity contribution is 0.0477. The number of carbonyl (C=O) groups excluding carboxylic acids is 2. The number of aryl methyl sites for hydroxylation is 1. The van der Waals surface area contributed by atoms with Crippen LogP contribution in [0, 0.1) is 11.6 Å². The molecule has 0 atom stereocenters. The lowest BCUT2D eigenvalue weighted by Crippen LogP contribution is -2.21. The van der Waals surface area contributed by atoms with E-state index in [-0.39, 0.29) is 37.2 Å². The average molecular weight is 442 g/mol. The van der Waals surface area contributed by atoms with Crippen LogP contribution in [0.15, 0.2) is 64.0 Å². The highest BCUT2D eigenvalue weighted by molar-refractivity contribution is 5.97. The van der Waals surface area contributed by atoms with E-state index in [0.717, 1.165) is 24.0 Å². The molecular weight excluding hydrogens is 422 g/mol. The molecule has 8 heteroatoms. The summed E-state index contributed by atoms with van der Waals surface area (Å²) in [6.45, 7) is 1.59. The molecule has 3 aromatic rings. The number of Topliss-reactive ketones (excluding diaryl/α,β-unsaturated/α-hetero) is 1. The Morgan fingerprint density at radius 2 is 1.81 bits per heavy atom. The summed E-state index contributed by atoms with van der Waals surface area (Å²) in [6, 6.07) is 11.9. The number of hydrogen-bond acceptors (Lipinski definition) is 6. The molecule has 0 saturated carbocycles. The van der Waals surface area contributed by atoms with Gasteiger partial charge in [0.1, 0.15) is 30.1 Å². The first-order chi connectivity index (χ1) is 15.4. The van der Waals surface area contributed by atoms with E-state index >= 15 is 0 Å². The van der Waals surface area contributed by atoms with Crippen LogP contribution in [0.1, 0.15) is 45.4 Å². The van der Waals surface area contributed by atoms with Crippen molar-refractivity contribution in [3.8, 4) is 5.75 Å². The molecule has 166 valence electrons. The molecule has 0 saturated heterocycles. The summed E-state index contributed by atoms with van der Waals surface area (Å²) in [4.78, 5) is 37.8. The van der Waals surface area contributed by atoms with Crippen molar-refractivity contribution in [3.63, 3.8) is 0 Å². The topological polar surface area (TPSA) is 82.8 Å². The Balaban J connectivity index is 1.86. The molecular formula is C24H20F2O6. The third kappa shape index (κ3) is 5.46. The third-order valence-corrected chi connectivity index (χ3v) is 4.58. The van der Waals surface area contributed by atoms with E-state index in [1.807, 2.05) is 6.07 Å². The minimum atomic E-state index is -0.903. The standard InChI is InChI=1S/C24H20F2O6/c1-2-30-24(29)23-22(31-13-15-6-4-3-5-7-15)21(28)18(14-32-23)20(27)11-9-16-8-10-17(25)12-19(16)26/h3-8,10,12,14H,2,9,11,13H2,1H3. The monoisotopic (exact) mass is 442 g/mol. The van der Waals surface area contributed by atoms with Crippen molar-refractivity contribution in [1.82, 2.24) is 0 Å². The van der Waals surface area contributed by atoms with Gasteiger partial charge in [0.05, 0.1) is 6.61 Å². The fourth-order valence-corrected chi connectivity index (χ4v) is 2.95. The van der Waals surface area contributed by atoms with E-state index in [1.54, 1.807) is 31.2 Å². The van der Waals surface area contributed by atoms with Crippen molar-refractivity contribution < 1.29 is 32.3 Å². The van der Waals surface area contributed by atoms with Gasteiger partial charge in [0, 0.05) is 12.5 Å². The molecule has 32 heavy (non-hydrogen) atoms. The Kier molecular flexibility index (Phi) is 7.49. The van der Waals surface area contributed by atoms with Gasteiger partial charge < -0.3 is 13.9 Å². The Bertz CT molecular complexity index is 1170. The van der Waals surface area contributed by atoms with Gasteiger partial charge in [-0.3, -0.25) is 9.59 Å². The molecule has 0 N–H and O–H groups in total. The van der Waals surface area contributed by atoms with Crippen molar-refractivity contribution >= 4 is 11.8 Å². The first-order valence-electron chi connectivity index (χ1n) is 9.87. The summed E-state index contributed by atoms with van der Waals surface area (Å²) < 4.78 is 42.6. The second kappa shape index (κ2) is 10.5. The quantitative estimate of drug-likeness (QED) is 0.359. The molecule has 0 spiro atoms. The third-order valence-electron chi connectivity index (χ3n) is 4.58. The van der Waals surface area contributed by atoms with E-state index in [2.05, 4.69) is 0 Å². The van der Waals surface area contributed by atoms with Gasteiger partial charge in [-0.1, -0.05) is 36.4 Å². The first kappa shape index (κ1) is 22.9. The second-order valence-corrected chi connectivity index (χ2v) is 6.79. The number of ketones is 1. The van der Waals surface area contributed by atoms with Crippen molar-refractivity contribution in [1.29, 1.82) is 0 Å². The van der Waals surface area contributed by atoms with Gasteiger partial charge in [-0.25, -0.2) is 13.6 Å². The highest BCUT2D eigenvalue weighted by Gasteiger charge is 2.25. The van der Waals surface area contributed by atoms with Crippen molar-refractivity contribution in [3.05, 3.63) is 99.1 Å². The van der Waals surface area contributed by atoms with E-state index in [9.17, 15) is 23.2 Å². The largest absolute Gasteiger partial charge is 0.481 e. The van der Waals surface area contributed by atoms with Crippen molar-refractivity contribution in [2.75, 3.05) is 6.61 Å². The van der Waals surface area contributed by atoms with Gasteiger partial charge in [-0.2, -0.15) is 0 Å². The van der Waals surface area contributed by atoms with Gasteiger partial charge in [-0.05, 0) is 30.5 Å². The molecule has 1 heterocycles. The van der Waals surface area contributed by atoms with Crippen molar-refractivity contribution in [2.45, 2.75) is 26.4 Å². The number of benzene rings is 2. The predicted octanol–water partition coefficient (Wildman–Crippen LogP) is 4.49. The summed E-state index contributed by atoms with van der Waals surface area (Å²) in [5.74, 6) is -3.94. The normalized spacial score (nSPS) is 10.6. The summed E-state index contributed by atoms with van der Waals surface area (Å²) >= 11 is 0. The van der Waals surface area contributed by atoms with Crippen LogP contribution in [0.25, 0.3) is 0 Å². The van der Waals surface area contributed by atoms with Crippen LogP contribution in [0.3, 0.4) is 0 Å². The molecule has 6 nitrogen and oxygen atoms in total. The molecule has 0 aliphatic carbocycles. The summed E-state index contributed by atoms with van der Waals surface area (Å²) in [6.07, 6.45) is 0.585. The average Bonchev–Trinajstić information content (AvgIpc) is 2.78. The lowest BCUT2D eigenvalue weighted by Gasteiger charge is -2.11. The molecule has 1 aromatic heterocycles. The zero-order valence-electron chi connectivity index (χ0n) is 17.2. The molecule has 0 aliphatic heterocycles. The maximum absolute atomic E-state index is 13.8. The van der Waals surface area contributed by atoms with Crippen molar-refractivity contribution in [2.24, 2.45) is 0 Å². The summed E-state index contributed by atoms with van der Waals surface area (Å²) in [5, 5.41) is 0. The van der Waals surface area contributed by atoms with E-state index < -0.39 is 40.3 Å². The Labute approximate surface area is 182 Å². The van der Waals surface area contributed by atoms with Crippen LogP contribution in [0.2, 0.25) is 0 Å². The van der Waals surface area contributed by atoms with Gasteiger partial charge in [-0.15, -0.1) is 0 Å². The SMILES string of the molecule is CCOC(=O)c1occ(C(=O)CCc2ccc(F)cc2F)c(=O)c1OCc1ccccc1. The number of halogens is 2. The van der Waals surface area contributed by atoms with Crippen LogP contribution < -0.4 is 10.2 Å². The summed E-state index contributed by atoms with van der Waals surface area (Å²) in [5.41, 5.74) is -0.318. The molecule has 0 radical (unpaired) electrons. The van der Waals surface area contributed by atoms with E-state index in [1.165, 1.54) is 6.07 Å². The molecule has 0 aliphatic rings. The molecule has 3 rings (SSSR count). The van der Waals surface area contributed by atoms with Crippen LogP contribution in [-0.4, -0.2) is 18.4 Å². The molecule has 0 bridgehead atoms. The molecule has 2 aromatic carbocycles. The zero-order valence-corrected chi connectivity index (χ0v) is 17.2. The maximum atomic E-state index is 13.8. The number of ether oxygens (including phenoxy) is 2. The number of carbonyl (C=O) groups is 2. The number of rotatable bonds is 9. The van der Waals surface area contributed by atoms with Gasteiger partial charge in [0.2, 0.25) is 11.2 Å². The fourth-order valence-electron chi connectivity index (χ4n) is 2.95. The second-order valence-electron chi connectivity index (χ2n) is 6.79. The van der Waals surface area contributed by atoms with Crippen LogP contribution in [0.5, 0.6) is 5.75 Å². The lowest BCUT2D eigenvalue weighted by atomic mass is 10.0. The fraction of sp³-hybridized carbons (Fsp3) is 0.208. The Morgan fingerprint density at radius 3 is 2.50 bits per heavy atom. The maximum Gasteiger partial charge on any atom is 0.378 e. The van der Waals surface area contributed by atoms with Crippen LogP contribution in [-0.2, 0) is 17.8 Å². The highest BCUT2D eigenvalue weighted by atomic mass is 19.1. The minimum absolute atomic E-state index is 0.0452. The molecule has 0 unspecified atom stereocenters. The van der Waals surface area contributed by atoms with Gasteiger partial charge >= 0.3 is 5.97 Å². The highest BCUT2D eigenvalue weighted by Crippen LogP contribution is 2.20. The van der Waals surface area contributed by atoms with Gasteiger partial charge in [0.15, 0.2) is 5.78 Å². The van der Waals surface area contributed by atoms with E-state index in [0.29, 0.717) is 0 Å². The Hall–Kier alpha value is -3.81. The summed E-state index contributed by atoms with van der Waals surface area (Å²) in [7, 11) is 0. The Morgan fingerprint density at radius 1 is 1.06 bits per heavy atom. The van der Waals surface area contributed by atoms with Gasteiger partial charge in [0.25, 0.3) is 5.76 Å². The van der Waals surface area contributed by atoms with Crippen LogP contribution in [0.4, 0.5) is 8.78 Å².